The average molecular weight is 361 g/mol. The van der Waals surface area contributed by atoms with Gasteiger partial charge >= 0.3 is 0 Å². The highest BCUT2D eigenvalue weighted by molar-refractivity contribution is 9.65. The molecule has 1 aliphatic rings. The zero-order valence-electron chi connectivity index (χ0n) is 10.1. The van der Waals surface area contributed by atoms with Gasteiger partial charge < -0.3 is 0 Å². The van der Waals surface area contributed by atoms with Crippen LogP contribution >= 0.6 is 45.3 Å². The zero-order valence-corrected chi connectivity index (χ0v) is 14.1. The predicted molar refractivity (Wildman–Crippen MR) is 91.4 cm³/mol. The number of benzene rings is 1. The Morgan fingerprint density at radius 2 is 2.06 bits per heavy atom. The molecule has 0 aliphatic carbocycles. The highest BCUT2D eigenvalue weighted by Gasteiger charge is 2.19. The summed E-state index contributed by atoms with van der Waals surface area (Å²) in [6.07, 6.45) is 0. The first kappa shape index (κ1) is 14.4. The molecular weight excluding hydrogens is 348 g/mol. The van der Waals surface area contributed by atoms with Crippen molar-refractivity contribution in [2.45, 2.75) is 13.8 Å². The molecule has 0 saturated heterocycles. The Kier molecular flexibility index (Phi) is 5.18. The van der Waals surface area contributed by atoms with Gasteiger partial charge in [-0.1, -0.05) is 40.6 Å². The quantitative estimate of drug-likeness (QED) is 0.555. The number of hydrogen-bond acceptors (Lipinski definition) is 3. The smallest absolute Gasteiger partial charge is 0.140 e. The van der Waals surface area contributed by atoms with Gasteiger partial charge in [-0.2, -0.15) is 0 Å². The van der Waals surface area contributed by atoms with Crippen LogP contribution in [0, 0.1) is 6.92 Å². The molecule has 0 saturated carbocycles. The van der Waals surface area contributed by atoms with Crippen LogP contribution in [0.15, 0.2) is 29.7 Å². The number of hydrogen-bond donors (Lipinski definition) is 0. The molecule has 0 fully saturated rings. The first-order chi connectivity index (χ1) is 8.58. The summed E-state index contributed by atoms with van der Waals surface area (Å²) in [5.41, 5.74) is 3.75. The summed E-state index contributed by atoms with van der Waals surface area (Å²) < 4.78 is 1.28. The Balaban J connectivity index is 2.23. The Morgan fingerprint density at radius 3 is 2.67 bits per heavy atom. The molecule has 5 heteroatoms. The molecule has 1 atom stereocenters. The van der Waals surface area contributed by atoms with Gasteiger partial charge in [0, 0.05) is 5.57 Å². The third-order valence-electron chi connectivity index (χ3n) is 2.39. The van der Waals surface area contributed by atoms with Gasteiger partial charge in [-0.15, -0.1) is 11.8 Å². The van der Waals surface area contributed by atoms with Crippen LogP contribution in [-0.2, 0) is 4.79 Å². The Morgan fingerprint density at radius 1 is 1.39 bits per heavy atom. The van der Waals surface area contributed by atoms with E-state index < -0.39 is 0 Å². The summed E-state index contributed by atoms with van der Waals surface area (Å²) >= 11 is 5.33. The van der Waals surface area contributed by atoms with Gasteiger partial charge in [-0.25, -0.2) is 0 Å². The molecule has 1 nitrogen and oxygen atoms in total. The maximum Gasteiger partial charge on any atom is 0.140 e. The Labute approximate surface area is 125 Å². The van der Waals surface area contributed by atoms with Gasteiger partial charge in [-0.3, -0.25) is 4.79 Å². The van der Waals surface area contributed by atoms with Crippen LogP contribution in [0.4, 0.5) is 0 Å². The number of carbonyl (C=O) groups excluding carboxylic acids is 1. The Bertz CT molecular complexity index is 532. The average Bonchev–Trinajstić information content (AvgIpc) is 2.69. The van der Waals surface area contributed by atoms with E-state index >= 15 is 0 Å². The lowest BCUT2D eigenvalue weighted by Crippen LogP contribution is -2.00. The van der Waals surface area contributed by atoms with Crippen LogP contribution in [-0.4, -0.2) is 15.7 Å². The van der Waals surface area contributed by atoms with Crippen LogP contribution in [0.25, 0.3) is 5.57 Å². The van der Waals surface area contributed by atoms with E-state index in [9.17, 15) is 4.79 Å². The van der Waals surface area contributed by atoms with E-state index in [1.807, 2.05) is 0 Å². The standard InChI is InChI=1S/C13H13BrOS3/c1-9-3-5-11(6-4-9)12-8-17-18(14)13(12)16-7-10(2)15/h3-6,8H,7H2,1-2H3. The molecule has 0 spiro atoms. The zero-order chi connectivity index (χ0) is 13.1. The molecule has 0 aromatic heterocycles. The number of ketones is 1. The van der Waals surface area contributed by atoms with Crippen molar-refractivity contribution in [3.05, 3.63) is 40.8 Å². The van der Waals surface area contributed by atoms with E-state index in [0.717, 1.165) is 0 Å². The van der Waals surface area contributed by atoms with E-state index in [-0.39, 0.29) is 13.7 Å². The summed E-state index contributed by atoms with van der Waals surface area (Å²) in [4.78, 5) is 11.1. The number of thioether (sulfide) groups is 1. The lowest BCUT2D eigenvalue weighted by atomic mass is 10.1. The number of carbonyl (C=O) groups is 1. The SMILES string of the molecule is CC(=O)CSC1=S(Br)SC=C1c1ccc(C)cc1. The molecule has 0 amide bonds. The lowest BCUT2D eigenvalue weighted by molar-refractivity contribution is -0.114. The van der Waals surface area contributed by atoms with Crippen molar-refractivity contribution >= 4 is 60.9 Å². The third-order valence-corrected chi connectivity index (χ3v) is 9.88. The van der Waals surface area contributed by atoms with Gasteiger partial charge in [0.05, 0.1) is 9.95 Å². The minimum atomic E-state index is 0.00101. The second kappa shape index (κ2) is 6.46. The van der Waals surface area contributed by atoms with Crippen LogP contribution in [0.3, 0.4) is 0 Å². The summed E-state index contributed by atoms with van der Waals surface area (Å²) in [5, 5.41) is 2.19. The monoisotopic (exact) mass is 360 g/mol. The summed E-state index contributed by atoms with van der Waals surface area (Å²) in [6.45, 7) is 3.73. The van der Waals surface area contributed by atoms with E-state index in [2.05, 4.69) is 51.4 Å². The van der Waals surface area contributed by atoms with E-state index in [4.69, 9.17) is 0 Å². The highest BCUT2D eigenvalue weighted by atomic mass is 79.9. The molecule has 0 radical (unpaired) electrons. The summed E-state index contributed by atoms with van der Waals surface area (Å²) in [7, 11) is 1.78. The highest BCUT2D eigenvalue weighted by Crippen LogP contribution is 2.52. The summed E-state index contributed by atoms with van der Waals surface area (Å²) in [5.74, 6) is 0.769. The maximum atomic E-state index is 11.1. The second-order valence-electron chi connectivity index (χ2n) is 4.00. The first-order valence-corrected chi connectivity index (χ1v) is 10.9. The molecule has 1 aromatic rings. The normalized spacial score (nSPS) is 18.9. The molecule has 0 N–H and O–H groups in total. The molecule has 1 aliphatic heterocycles. The second-order valence-corrected chi connectivity index (χ2v) is 11.3. The van der Waals surface area contributed by atoms with E-state index in [0.29, 0.717) is 5.75 Å². The lowest BCUT2D eigenvalue weighted by Gasteiger charge is -2.08. The van der Waals surface area contributed by atoms with Crippen molar-refractivity contribution in [3.63, 3.8) is 0 Å². The van der Waals surface area contributed by atoms with Crippen molar-refractivity contribution in [2.24, 2.45) is 0 Å². The van der Waals surface area contributed by atoms with E-state index in [1.54, 1.807) is 29.5 Å². The minimum absolute atomic E-state index is 0.00101. The minimum Gasteiger partial charge on any atom is -0.299 e. The molecule has 1 heterocycles. The third kappa shape index (κ3) is 3.53. The van der Waals surface area contributed by atoms with Crippen LogP contribution in [0.5, 0.6) is 0 Å². The molecule has 1 aromatic carbocycles. The van der Waals surface area contributed by atoms with Gasteiger partial charge in [0.1, 0.15) is 5.78 Å². The van der Waals surface area contributed by atoms with Crippen molar-refractivity contribution in [1.82, 2.24) is 0 Å². The topological polar surface area (TPSA) is 17.1 Å². The fraction of sp³-hybridized carbons (Fsp3) is 0.231. The maximum absolute atomic E-state index is 11.1. The van der Waals surface area contributed by atoms with E-state index in [1.165, 1.54) is 20.9 Å². The molecule has 18 heavy (non-hydrogen) atoms. The Hall–Kier alpha value is 0.0300. The number of rotatable bonds is 3. The largest absolute Gasteiger partial charge is 0.299 e. The number of aryl methyl sites for hydroxylation is 1. The molecule has 2 rings (SSSR count). The number of halogens is 1. The fourth-order valence-electron chi connectivity index (χ4n) is 1.48. The predicted octanol–water partition coefficient (Wildman–Crippen LogP) is 5.03. The molecule has 1 unspecified atom stereocenters. The molecular formula is C13H13BrOS3. The van der Waals surface area contributed by atoms with Crippen molar-refractivity contribution in [2.75, 3.05) is 5.75 Å². The molecule has 96 valence electrons. The summed E-state index contributed by atoms with van der Waals surface area (Å²) in [6, 6.07) is 8.54. The van der Waals surface area contributed by atoms with Crippen LogP contribution in [0.2, 0.25) is 0 Å². The molecule has 0 bridgehead atoms. The van der Waals surface area contributed by atoms with Crippen molar-refractivity contribution in [3.8, 4) is 0 Å². The van der Waals surface area contributed by atoms with Crippen molar-refractivity contribution < 1.29 is 4.79 Å². The van der Waals surface area contributed by atoms with Gasteiger partial charge in [0.25, 0.3) is 0 Å². The van der Waals surface area contributed by atoms with Crippen LogP contribution < -0.4 is 0 Å². The first-order valence-electron chi connectivity index (χ1n) is 5.42. The van der Waals surface area contributed by atoms with Gasteiger partial charge in [0.2, 0.25) is 0 Å². The van der Waals surface area contributed by atoms with Gasteiger partial charge in [-0.05, 0) is 47.6 Å². The van der Waals surface area contributed by atoms with Crippen LogP contribution in [0.1, 0.15) is 18.1 Å². The van der Waals surface area contributed by atoms with Gasteiger partial charge in [0.15, 0.2) is 0 Å². The fourth-order valence-corrected chi connectivity index (χ4v) is 7.63. The van der Waals surface area contributed by atoms with Crippen molar-refractivity contribution in [1.29, 1.82) is 0 Å². The number of Topliss-reactive ketones (excluding diaryl/α,β-unsaturated/α-hetero) is 1.